The highest BCUT2D eigenvalue weighted by molar-refractivity contribution is 6.11. The first-order valence-corrected chi connectivity index (χ1v) is 13.8. The highest BCUT2D eigenvalue weighted by atomic mass is 16.5. The Morgan fingerprint density at radius 3 is 1.20 bits per heavy atom. The molecule has 0 spiro atoms. The van der Waals surface area contributed by atoms with Gasteiger partial charge in [0.2, 0.25) is 0 Å². The Bertz CT molecular complexity index is 1770. The molecule has 0 unspecified atom stereocenters. The molecular formula is C38H34O2. The highest BCUT2D eigenvalue weighted by Crippen LogP contribution is 2.46. The van der Waals surface area contributed by atoms with Crippen molar-refractivity contribution >= 4 is 21.5 Å². The van der Waals surface area contributed by atoms with E-state index < -0.39 is 0 Å². The maximum atomic E-state index is 5.71. The molecule has 0 fully saturated rings. The van der Waals surface area contributed by atoms with E-state index in [9.17, 15) is 0 Å². The molecule has 0 aromatic heterocycles. The third kappa shape index (κ3) is 4.03. The van der Waals surface area contributed by atoms with Gasteiger partial charge in [-0.1, -0.05) is 72.8 Å². The minimum Gasteiger partial charge on any atom is -0.496 e. The fourth-order valence-electron chi connectivity index (χ4n) is 6.36. The van der Waals surface area contributed by atoms with Gasteiger partial charge in [-0.25, -0.2) is 0 Å². The van der Waals surface area contributed by atoms with Crippen molar-refractivity contribution in [2.75, 3.05) is 14.2 Å². The van der Waals surface area contributed by atoms with Crippen LogP contribution in [0, 0.1) is 27.7 Å². The SMILES string of the molecule is COc1cccc(-c2cc3ccccc3c(-c3c(C)c(-c4cccc(OC)c4C)cc4ccccc34)c2C)c1C. The molecule has 40 heavy (non-hydrogen) atoms. The van der Waals surface area contributed by atoms with Gasteiger partial charge in [-0.2, -0.15) is 0 Å². The van der Waals surface area contributed by atoms with Crippen LogP contribution < -0.4 is 9.47 Å². The summed E-state index contributed by atoms with van der Waals surface area (Å²) in [6.07, 6.45) is 0. The Balaban J connectivity index is 1.76. The Morgan fingerprint density at radius 2 is 0.800 bits per heavy atom. The maximum absolute atomic E-state index is 5.71. The largest absolute Gasteiger partial charge is 0.496 e. The second-order valence-corrected chi connectivity index (χ2v) is 10.6. The van der Waals surface area contributed by atoms with Crippen LogP contribution in [0.4, 0.5) is 0 Å². The zero-order valence-electron chi connectivity index (χ0n) is 24.1. The summed E-state index contributed by atoms with van der Waals surface area (Å²) >= 11 is 0. The van der Waals surface area contributed by atoms with E-state index in [1.54, 1.807) is 14.2 Å². The van der Waals surface area contributed by atoms with E-state index >= 15 is 0 Å². The minimum absolute atomic E-state index is 0.906. The van der Waals surface area contributed by atoms with Crippen LogP contribution in [-0.2, 0) is 0 Å². The molecule has 0 aliphatic carbocycles. The van der Waals surface area contributed by atoms with Gasteiger partial charge in [0.25, 0.3) is 0 Å². The molecule has 0 bridgehead atoms. The molecule has 2 nitrogen and oxygen atoms in total. The van der Waals surface area contributed by atoms with Crippen LogP contribution in [0.2, 0.25) is 0 Å². The maximum Gasteiger partial charge on any atom is 0.122 e. The van der Waals surface area contributed by atoms with E-state index in [0.717, 1.165) is 22.6 Å². The molecule has 6 rings (SSSR count). The monoisotopic (exact) mass is 522 g/mol. The standard InChI is InChI=1S/C38H34O2/c1-23-29(17-11-19-35(23)39-5)33-21-27-13-7-9-15-31(27)37(25(33)3)38-26(4)34(22-28-14-8-10-16-32(28)38)30-18-12-20-36(40-6)24(30)2/h7-22H,1-6H3. The lowest BCUT2D eigenvalue weighted by molar-refractivity contribution is 0.412. The van der Waals surface area contributed by atoms with Crippen LogP contribution in [0.15, 0.2) is 97.1 Å². The number of fused-ring (bicyclic) bond motifs is 2. The first kappa shape index (κ1) is 25.7. The van der Waals surface area contributed by atoms with E-state index in [2.05, 4.69) is 113 Å². The highest BCUT2D eigenvalue weighted by Gasteiger charge is 2.21. The lowest BCUT2D eigenvalue weighted by atomic mass is 9.81. The summed E-state index contributed by atoms with van der Waals surface area (Å²) in [5, 5.41) is 4.98. The quantitative estimate of drug-likeness (QED) is 0.224. The Morgan fingerprint density at radius 1 is 0.400 bits per heavy atom. The van der Waals surface area contributed by atoms with Gasteiger partial charge in [0.15, 0.2) is 0 Å². The van der Waals surface area contributed by atoms with Gasteiger partial charge < -0.3 is 9.47 Å². The molecule has 0 aliphatic heterocycles. The normalized spacial score (nSPS) is 11.2. The third-order valence-corrected chi connectivity index (χ3v) is 8.46. The fraction of sp³-hybridized carbons (Fsp3) is 0.158. The van der Waals surface area contributed by atoms with Crippen molar-refractivity contribution < 1.29 is 9.47 Å². The lowest BCUT2D eigenvalue weighted by Gasteiger charge is -2.23. The number of benzene rings is 6. The van der Waals surface area contributed by atoms with Crippen molar-refractivity contribution in [3.63, 3.8) is 0 Å². The summed E-state index contributed by atoms with van der Waals surface area (Å²) in [6.45, 7) is 8.84. The number of rotatable bonds is 5. The van der Waals surface area contributed by atoms with E-state index in [4.69, 9.17) is 9.47 Å². The molecule has 0 amide bonds. The van der Waals surface area contributed by atoms with Crippen molar-refractivity contribution in [1.82, 2.24) is 0 Å². The topological polar surface area (TPSA) is 18.5 Å². The second kappa shape index (κ2) is 10.2. The molecule has 2 heteroatoms. The van der Waals surface area contributed by atoms with Crippen molar-refractivity contribution in [1.29, 1.82) is 0 Å². The van der Waals surface area contributed by atoms with Crippen LogP contribution >= 0.6 is 0 Å². The number of hydrogen-bond acceptors (Lipinski definition) is 2. The number of methoxy groups -OCH3 is 2. The fourth-order valence-corrected chi connectivity index (χ4v) is 6.36. The van der Waals surface area contributed by atoms with Crippen molar-refractivity contribution in [3.05, 3.63) is 119 Å². The molecule has 0 radical (unpaired) electrons. The first-order valence-electron chi connectivity index (χ1n) is 13.8. The van der Waals surface area contributed by atoms with Crippen LogP contribution in [0.3, 0.4) is 0 Å². The molecule has 0 atom stereocenters. The molecule has 198 valence electrons. The molecule has 0 saturated heterocycles. The van der Waals surface area contributed by atoms with Gasteiger partial charge in [0.05, 0.1) is 14.2 Å². The molecular weight excluding hydrogens is 488 g/mol. The number of ether oxygens (including phenoxy) is 2. The van der Waals surface area contributed by atoms with E-state index in [0.29, 0.717) is 0 Å². The average Bonchev–Trinajstić information content (AvgIpc) is 2.98. The smallest absolute Gasteiger partial charge is 0.122 e. The van der Waals surface area contributed by atoms with Gasteiger partial charge in [-0.05, 0) is 129 Å². The summed E-state index contributed by atoms with van der Waals surface area (Å²) < 4.78 is 11.4. The van der Waals surface area contributed by atoms with Crippen molar-refractivity contribution in [2.24, 2.45) is 0 Å². The van der Waals surface area contributed by atoms with Gasteiger partial charge in [-0.15, -0.1) is 0 Å². The summed E-state index contributed by atoms with van der Waals surface area (Å²) in [7, 11) is 3.48. The average molecular weight is 523 g/mol. The van der Waals surface area contributed by atoms with Gasteiger partial charge in [0, 0.05) is 0 Å². The summed E-state index contributed by atoms with van der Waals surface area (Å²) in [5.74, 6) is 1.81. The van der Waals surface area contributed by atoms with Gasteiger partial charge in [-0.3, -0.25) is 0 Å². The van der Waals surface area contributed by atoms with Crippen LogP contribution in [0.1, 0.15) is 22.3 Å². The second-order valence-electron chi connectivity index (χ2n) is 10.6. The van der Waals surface area contributed by atoms with E-state index in [1.807, 2.05) is 12.1 Å². The van der Waals surface area contributed by atoms with Gasteiger partial charge in [0.1, 0.15) is 11.5 Å². The third-order valence-electron chi connectivity index (χ3n) is 8.46. The molecule has 0 saturated carbocycles. The Kier molecular flexibility index (Phi) is 6.56. The summed E-state index contributed by atoms with van der Waals surface area (Å²) in [4.78, 5) is 0. The van der Waals surface area contributed by atoms with E-state index in [1.165, 1.54) is 66.1 Å². The predicted molar refractivity (Wildman–Crippen MR) is 170 cm³/mol. The van der Waals surface area contributed by atoms with Crippen molar-refractivity contribution in [2.45, 2.75) is 27.7 Å². The van der Waals surface area contributed by atoms with Crippen LogP contribution in [-0.4, -0.2) is 14.2 Å². The van der Waals surface area contributed by atoms with Crippen LogP contribution in [0.5, 0.6) is 11.5 Å². The molecule has 6 aromatic carbocycles. The summed E-state index contributed by atoms with van der Waals surface area (Å²) in [5.41, 5.74) is 12.3. The lowest BCUT2D eigenvalue weighted by Crippen LogP contribution is -1.99. The Hall–Kier alpha value is -4.56. The molecule has 0 heterocycles. The summed E-state index contributed by atoms with van der Waals surface area (Å²) in [6, 6.07) is 34.9. The van der Waals surface area contributed by atoms with E-state index in [-0.39, 0.29) is 0 Å². The minimum atomic E-state index is 0.906. The zero-order valence-corrected chi connectivity index (χ0v) is 24.1. The molecule has 0 aliphatic rings. The van der Waals surface area contributed by atoms with Crippen molar-refractivity contribution in [3.8, 4) is 44.9 Å². The van der Waals surface area contributed by atoms with Gasteiger partial charge >= 0.3 is 0 Å². The molecule has 0 N–H and O–H groups in total. The first-order chi connectivity index (χ1) is 19.4. The Labute approximate surface area is 236 Å². The molecule has 6 aromatic rings. The van der Waals surface area contributed by atoms with Crippen LogP contribution in [0.25, 0.3) is 54.9 Å². The number of hydrogen-bond donors (Lipinski definition) is 0. The predicted octanol–water partition coefficient (Wildman–Crippen LogP) is 10.2. The zero-order chi connectivity index (χ0) is 28.0.